The molecule has 2 nitrogen and oxygen atoms in total. The first-order chi connectivity index (χ1) is 16.1. The highest BCUT2D eigenvalue weighted by molar-refractivity contribution is 5.41. The van der Waals surface area contributed by atoms with Gasteiger partial charge >= 0.3 is 0 Å². The summed E-state index contributed by atoms with van der Waals surface area (Å²) in [5, 5.41) is 0. The summed E-state index contributed by atoms with van der Waals surface area (Å²) in [6.07, 6.45) is 19.0. The van der Waals surface area contributed by atoms with Gasteiger partial charge in [0.05, 0.1) is 0 Å². The van der Waals surface area contributed by atoms with E-state index in [-0.39, 0.29) is 5.41 Å². The first kappa shape index (κ1) is 26.3. The molecule has 0 fully saturated rings. The molecule has 0 saturated carbocycles. The largest absolute Gasteiger partial charge is 0.490 e. The third-order valence-corrected chi connectivity index (χ3v) is 5.74. The van der Waals surface area contributed by atoms with Gasteiger partial charge in [0, 0.05) is 5.41 Å². The van der Waals surface area contributed by atoms with Gasteiger partial charge in [0.25, 0.3) is 0 Å². The Hall–Kier alpha value is -3.00. The van der Waals surface area contributed by atoms with Crippen LogP contribution >= 0.6 is 0 Å². The fraction of sp³-hybridized carbons (Fsp3) is 0.355. The van der Waals surface area contributed by atoms with E-state index >= 15 is 0 Å². The Kier molecular flexibility index (Phi) is 11.9. The van der Waals surface area contributed by atoms with Crippen LogP contribution in [0, 0.1) is 0 Å². The van der Waals surface area contributed by atoms with Crippen molar-refractivity contribution in [3.8, 4) is 11.5 Å². The molecule has 0 aliphatic heterocycles. The van der Waals surface area contributed by atoms with E-state index in [1.807, 2.05) is 12.2 Å². The predicted octanol–water partition coefficient (Wildman–Crippen LogP) is 8.60. The van der Waals surface area contributed by atoms with Crippen LogP contribution in [0.1, 0.15) is 63.5 Å². The highest BCUT2D eigenvalue weighted by atomic mass is 16.5. The van der Waals surface area contributed by atoms with Gasteiger partial charge in [-0.15, -0.1) is 13.2 Å². The van der Waals surface area contributed by atoms with E-state index in [9.17, 15) is 0 Å². The second-order valence-electron chi connectivity index (χ2n) is 8.68. The van der Waals surface area contributed by atoms with Crippen LogP contribution in [0.2, 0.25) is 0 Å². The van der Waals surface area contributed by atoms with Crippen molar-refractivity contribution in [1.82, 2.24) is 0 Å². The fourth-order valence-corrected chi connectivity index (χ4v) is 3.52. The molecule has 2 aromatic rings. The number of rotatable bonds is 16. The van der Waals surface area contributed by atoms with Gasteiger partial charge in [-0.1, -0.05) is 74.6 Å². The second kappa shape index (κ2) is 14.9. The normalized spacial score (nSPS) is 11.7. The number of ether oxygens (including phenoxy) is 2. The van der Waals surface area contributed by atoms with Gasteiger partial charge in [0.15, 0.2) is 0 Å². The first-order valence-electron chi connectivity index (χ1n) is 12.1. The molecular weight excluding hydrogens is 404 g/mol. The lowest BCUT2D eigenvalue weighted by molar-refractivity contribution is 0.362. The number of hydrogen-bond acceptors (Lipinski definition) is 2. The van der Waals surface area contributed by atoms with Crippen molar-refractivity contribution in [3.63, 3.8) is 0 Å². The van der Waals surface area contributed by atoms with Crippen molar-refractivity contribution >= 4 is 0 Å². The minimum absolute atomic E-state index is 0.104. The lowest BCUT2D eigenvalue weighted by atomic mass is 9.78. The molecule has 0 atom stereocenters. The summed E-state index contributed by atoms with van der Waals surface area (Å²) in [4.78, 5) is 0. The highest BCUT2D eigenvalue weighted by Gasteiger charge is 2.23. The highest BCUT2D eigenvalue weighted by Crippen LogP contribution is 2.33. The van der Waals surface area contributed by atoms with Crippen molar-refractivity contribution in [3.05, 3.63) is 109 Å². The van der Waals surface area contributed by atoms with E-state index in [1.54, 1.807) is 0 Å². The lowest BCUT2D eigenvalue weighted by Crippen LogP contribution is -2.18. The summed E-state index contributed by atoms with van der Waals surface area (Å²) in [5.41, 5.74) is 2.41. The summed E-state index contributed by atoms with van der Waals surface area (Å²) in [5.74, 6) is 1.79. The Balaban J connectivity index is 1.84. The molecule has 2 rings (SSSR count). The average Bonchev–Trinajstić information content (AvgIpc) is 2.83. The molecule has 2 aromatic carbocycles. The van der Waals surface area contributed by atoms with E-state index in [1.165, 1.54) is 11.1 Å². The van der Waals surface area contributed by atoms with Crippen LogP contribution in [0.15, 0.2) is 98.1 Å². The number of allylic oxidation sites excluding steroid dienone is 4. The maximum Gasteiger partial charge on any atom is 0.119 e. The van der Waals surface area contributed by atoms with E-state index in [2.05, 4.69) is 99.8 Å². The average molecular weight is 445 g/mol. The summed E-state index contributed by atoms with van der Waals surface area (Å²) < 4.78 is 11.7. The van der Waals surface area contributed by atoms with E-state index in [0.29, 0.717) is 13.2 Å². The Bertz CT molecular complexity index is 797. The molecule has 0 spiro atoms. The molecule has 0 N–H and O–H groups in total. The second-order valence-corrected chi connectivity index (χ2v) is 8.68. The van der Waals surface area contributed by atoms with Crippen molar-refractivity contribution in [1.29, 1.82) is 0 Å². The van der Waals surface area contributed by atoms with E-state index < -0.39 is 0 Å². The molecule has 0 saturated heterocycles. The van der Waals surface area contributed by atoms with Crippen LogP contribution in [0.4, 0.5) is 0 Å². The molecule has 0 bridgehead atoms. The smallest absolute Gasteiger partial charge is 0.119 e. The van der Waals surface area contributed by atoms with Crippen LogP contribution in [-0.2, 0) is 5.41 Å². The Morgan fingerprint density at radius 2 is 1.00 bits per heavy atom. The molecule has 0 aliphatic carbocycles. The lowest BCUT2D eigenvalue weighted by Gasteiger charge is -2.26. The molecule has 0 heterocycles. The first-order valence-corrected chi connectivity index (χ1v) is 12.1. The Labute approximate surface area is 201 Å². The van der Waals surface area contributed by atoms with Crippen molar-refractivity contribution in [2.24, 2.45) is 0 Å². The molecule has 0 amide bonds. The molecule has 0 aliphatic rings. The SMILES string of the molecule is C=CCCCC=CCOc1ccc(C(C)(C)c2ccc(OCC=CCCCC=C)cc2)cc1. The topological polar surface area (TPSA) is 18.5 Å². The zero-order valence-corrected chi connectivity index (χ0v) is 20.5. The van der Waals surface area contributed by atoms with Crippen molar-refractivity contribution in [2.75, 3.05) is 13.2 Å². The maximum absolute atomic E-state index is 5.84. The minimum atomic E-state index is -0.104. The quantitative estimate of drug-likeness (QED) is 0.191. The van der Waals surface area contributed by atoms with Gasteiger partial charge in [-0.2, -0.15) is 0 Å². The third kappa shape index (κ3) is 9.57. The Morgan fingerprint density at radius 1 is 0.606 bits per heavy atom. The van der Waals surface area contributed by atoms with Gasteiger partial charge in [0.2, 0.25) is 0 Å². The van der Waals surface area contributed by atoms with Crippen LogP contribution < -0.4 is 9.47 Å². The number of benzene rings is 2. The van der Waals surface area contributed by atoms with Gasteiger partial charge in [-0.05, 0) is 73.9 Å². The molecular formula is C31H40O2. The number of unbranched alkanes of at least 4 members (excludes halogenated alkanes) is 4. The molecule has 0 unspecified atom stereocenters. The van der Waals surface area contributed by atoms with Crippen LogP contribution in [0.3, 0.4) is 0 Å². The molecule has 0 radical (unpaired) electrons. The van der Waals surface area contributed by atoms with Crippen LogP contribution in [0.25, 0.3) is 0 Å². The summed E-state index contributed by atoms with van der Waals surface area (Å²) in [7, 11) is 0. The number of hydrogen-bond donors (Lipinski definition) is 0. The third-order valence-electron chi connectivity index (χ3n) is 5.74. The zero-order chi connectivity index (χ0) is 23.8. The summed E-state index contributed by atoms with van der Waals surface area (Å²) in [6.45, 7) is 13.2. The maximum atomic E-state index is 5.84. The van der Waals surface area contributed by atoms with Crippen molar-refractivity contribution < 1.29 is 9.47 Å². The Morgan fingerprint density at radius 3 is 1.36 bits per heavy atom. The predicted molar refractivity (Wildman–Crippen MR) is 142 cm³/mol. The fourth-order valence-electron chi connectivity index (χ4n) is 3.52. The van der Waals surface area contributed by atoms with Gasteiger partial charge in [0.1, 0.15) is 24.7 Å². The molecule has 2 heteroatoms. The van der Waals surface area contributed by atoms with Gasteiger partial charge in [-0.3, -0.25) is 0 Å². The summed E-state index contributed by atoms with van der Waals surface area (Å²) in [6, 6.07) is 16.9. The minimum Gasteiger partial charge on any atom is -0.490 e. The van der Waals surface area contributed by atoms with Crippen LogP contribution in [-0.4, -0.2) is 13.2 Å². The van der Waals surface area contributed by atoms with E-state index in [0.717, 1.165) is 50.0 Å². The molecule has 0 aromatic heterocycles. The van der Waals surface area contributed by atoms with Gasteiger partial charge in [-0.25, -0.2) is 0 Å². The summed E-state index contributed by atoms with van der Waals surface area (Å²) >= 11 is 0. The zero-order valence-electron chi connectivity index (χ0n) is 20.5. The van der Waals surface area contributed by atoms with E-state index in [4.69, 9.17) is 9.47 Å². The molecule has 176 valence electrons. The standard InChI is InChI=1S/C31H40O2/c1-5-7-9-11-13-15-25-32-29-21-17-27(18-22-29)31(3,4)28-19-23-30(24-20-28)33-26-16-14-12-10-8-6-2/h5-6,13-24H,1-2,7-12,25-26H2,3-4H3. The monoisotopic (exact) mass is 444 g/mol. The van der Waals surface area contributed by atoms with Crippen LogP contribution in [0.5, 0.6) is 11.5 Å². The van der Waals surface area contributed by atoms with Crippen molar-refractivity contribution in [2.45, 2.75) is 57.8 Å². The molecule has 33 heavy (non-hydrogen) atoms. The van der Waals surface area contributed by atoms with Gasteiger partial charge < -0.3 is 9.47 Å².